The summed E-state index contributed by atoms with van der Waals surface area (Å²) in [5.41, 5.74) is 0.852. The minimum atomic E-state index is -0.918. The predicted molar refractivity (Wildman–Crippen MR) is 40.1 cm³/mol. The van der Waals surface area contributed by atoms with E-state index in [9.17, 15) is 9.59 Å². The highest BCUT2D eigenvalue weighted by Crippen LogP contribution is 2.28. The molecule has 1 atom stereocenters. The van der Waals surface area contributed by atoms with Crippen molar-refractivity contribution in [3.63, 3.8) is 0 Å². The number of H-pyrrole nitrogens is 2. The van der Waals surface area contributed by atoms with Crippen LogP contribution in [-0.2, 0) is 11.2 Å². The first-order valence-electron chi connectivity index (χ1n) is 3.72. The van der Waals surface area contributed by atoms with Crippen LogP contribution in [0, 0.1) is 0 Å². The van der Waals surface area contributed by atoms with Crippen molar-refractivity contribution in [1.82, 2.24) is 10.2 Å². The van der Waals surface area contributed by atoms with Gasteiger partial charge in [0.2, 0.25) is 0 Å². The molecule has 1 heterocycles. The molecule has 3 N–H and O–H groups in total. The Bertz CT molecular complexity index is 376. The molecule has 0 fully saturated rings. The van der Waals surface area contributed by atoms with Gasteiger partial charge in [-0.3, -0.25) is 14.7 Å². The number of carboxylic acid groups (broad SMARTS) is 1. The number of rotatable bonds is 1. The van der Waals surface area contributed by atoms with Crippen molar-refractivity contribution in [1.29, 1.82) is 0 Å². The Hall–Kier alpha value is -1.52. The summed E-state index contributed by atoms with van der Waals surface area (Å²) < 4.78 is 0. The smallest absolute Gasteiger partial charge is 0.311 e. The Morgan fingerprint density at radius 2 is 2.25 bits per heavy atom. The third kappa shape index (κ3) is 0.792. The number of aromatic amines is 2. The monoisotopic (exact) mass is 168 g/mol. The lowest BCUT2D eigenvalue weighted by Gasteiger charge is -1.99. The second-order valence-electron chi connectivity index (χ2n) is 2.90. The summed E-state index contributed by atoms with van der Waals surface area (Å²) in [6, 6.07) is 0. The van der Waals surface area contributed by atoms with Crippen LogP contribution in [0.2, 0.25) is 0 Å². The molecule has 12 heavy (non-hydrogen) atoms. The minimum Gasteiger partial charge on any atom is -0.481 e. The van der Waals surface area contributed by atoms with Crippen LogP contribution >= 0.6 is 0 Å². The molecule has 0 aromatic carbocycles. The zero-order chi connectivity index (χ0) is 8.72. The van der Waals surface area contributed by atoms with E-state index in [0.717, 1.165) is 5.69 Å². The summed E-state index contributed by atoms with van der Waals surface area (Å²) in [6.07, 6.45) is 1.17. The highest BCUT2D eigenvalue weighted by Gasteiger charge is 2.32. The Labute approximate surface area is 67.4 Å². The second kappa shape index (κ2) is 2.23. The van der Waals surface area contributed by atoms with Gasteiger partial charge in [-0.25, -0.2) is 0 Å². The Kier molecular flexibility index (Phi) is 1.33. The minimum absolute atomic E-state index is 0.296. The molecule has 0 saturated carbocycles. The van der Waals surface area contributed by atoms with Gasteiger partial charge in [0.25, 0.3) is 5.56 Å². The van der Waals surface area contributed by atoms with Crippen LogP contribution in [0.5, 0.6) is 0 Å². The highest BCUT2D eigenvalue weighted by molar-refractivity contribution is 5.77. The predicted octanol–water partition coefficient (Wildman–Crippen LogP) is -0.183. The second-order valence-corrected chi connectivity index (χ2v) is 2.90. The zero-order valence-corrected chi connectivity index (χ0v) is 6.26. The van der Waals surface area contributed by atoms with Crippen LogP contribution in [-0.4, -0.2) is 21.3 Å². The van der Waals surface area contributed by atoms with Gasteiger partial charge in [-0.1, -0.05) is 0 Å². The topological polar surface area (TPSA) is 85.9 Å². The molecule has 1 aromatic heterocycles. The molecule has 2 rings (SSSR count). The molecule has 0 saturated heterocycles. The largest absolute Gasteiger partial charge is 0.481 e. The van der Waals surface area contributed by atoms with Crippen molar-refractivity contribution < 1.29 is 9.90 Å². The van der Waals surface area contributed by atoms with E-state index in [-0.39, 0.29) is 5.56 Å². The van der Waals surface area contributed by atoms with E-state index >= 15 is 0 Å². The molecule has 64 valence electrons. The fourth-order valence-corrected chi connectivity index (χ4v) is 1.65. The molecule has 1 unspecified atom stereocenters. The van der Waals surface area contributed by atoms with E-state index in [1.165, 1.54) is 0 Å². The van der Waals surface area contributed by atoms with Gasteiger partial charge >= 0.3 is 5.97 Å². The molecule has 0 aliphatic heterocycles. The molecule has 1 aliphatic carbocycles. The molecule has 5 nitrogen and oxygen atoms in total. The van der Waals surface area contributed by atoms with Gasteiger partial charge < -0.3 is 10.2 Å². The first-order chi connectivity index (χ1) is 5.70. The van der Waals surface area contributed by atoms with Crippen molar-refractivity contribution in [2.75, 3.05) is 0 Å². The van der Waals surface area contributed by atoms with Gasteiger partial charge in [-0.2, -0.15) is 0 Å². The third-order valence-corrected chi connectivity index (χ3v) is 2.23. The van der Waals surface area contributed by atoms with Gasteiger partial charge in [0.15, 0.2) is 0 Å². The van der Waals surface area contributed by atoms with Crippen molar-refractivity contribution in [2.45, 2.75) is 18.8 Å². The molecule has 0 amide bonds. The van der Waals surface area contributed by atoms with Gasteiger partial charge in [0.05, 0.1) is 11.5 Å². The maximum Gasteiger partial charge on any atom is 0.311 e. The van der Waals surface area contributed by atoms with E-state index in [1.807, 2.05) is 0 Å². The molecule has 0 spiro atoms. The lowest BCUT2D eigenvalue weighted by atomic mass is 10.1. The van der Waals surface area contributed by atoms with E-state index < -0.39 is 11.9 Å². The number of carbonyl (C=O) groups is 1. The van der Waals surface area contributed by atoms with Gasteiger partial charge in [-0.15, -0.1) is 0 Å². The Balaban J connectivity index is 2.53. The highest BCUT2D eigenvalue weighted by atomic mass is 16.4. The number of carboxylic acids is 1. The standard InChI is InChI=1S/C7H8N2O3/c10-6-5-3(7(11)12)1-2-4(5)8-9-6/h3H,1-2H2,(H,11,12)(H2,8,9,10). The number of fused-ring (bicyclic) bond motifs is 1. The average molecular weight is 168 g/mol. The number of hydrogen-bond acceptors (Lipinski definition) is 2. The molecule has 1 aliphatic rings. The quantitative estimate of drug-likeness (QED) is 0.543. The van der Waals surface area contributed by atoms with Gasteiger partial charge in [0.1, 0.15) is 0 Å². The first-order valence-corrected chi connectivity index (χ1v) is 3.72. The van der Waals surface area contributed by atoms with Crippen molar-refractivity contribution in [3.05, 3.63) is 21.6 Å². The van der Waals surface area contributed by atoms with E-state index in [4.69, 9.17) is 5.11 Å². The molecule has 0 bridgehead atoms. The maximum absolute atomic E-state index is 11.1. The van der Waals surface area contributed by atoms with E-state index in [1.54, 1.807) is 0 Å². The van der Waals surface area contributed by atoms with Crippen LogP contribution in [0.3, 0.4) is 0 Å². The maximum atomic E-state index is 11.1. The summed E-state index contributed by atoms with van der Waals surface area (Å²) in [5, 5.41) is 13.8. The van der Waals surface area contributed by atoms with Crippen LogP contribution in [0.15, 0.2) is 4.79 Å². The number of aryl methyl sites for hydroxylation is 1. The van der Waals surface area contributed by atoms with Crippen LogP contribution in [0.25, 0.3) is 0 Å². The summed E-state index contributed by atoms with van der Waals surface area (Å²) in [5.74, 6) is -1.53. The van der Waals surface area contributed by atoms with E-state index in [2.05, 4.69) is 10.2 Å². The number of hydrogen-bond donors (Lipinski definition) is 3. The lowest BCUT2D eigenvalue weighted by Crippen LogP contribution is -2.15. The molecular weight excluding hydrogens is 160 g/mol. The molecule has 1 aromatic rings. The molecule has 0 radical (unpaired) electrons. The number of nitrogens with one attached hydrogen (secondary N) is 2. The third-order valence-electron chi connectivity index (χ3n) is 2.23. The van der Waals surface area contributed by atoms with Crippen LogP contribution in [0.4, 0.5) is 0 Å². The lowest BCUT2D eigenvalue weighted by molar-refractivity contribution is -0.138. The van der Waals surface area contributed by atoms with Crippen molar-refractivity contribution in [3.8, 4) is 0 Å². The number of aliphatic carboxylic acids is 1. The van der Waals surface area contributed by atoms with Gasteiger partial charge in [0, 0.05) is 5.69 Å². The first kappa shape index (κ1) is 7.15. The summed E-state index contributed by atoms with van der Waals surface area (Å²) >= 11 is 0. The Morgan fingerprint density at radius 1 is 1.50 bits per heavy atom. The average Bonchev–Trinajstić information content (AvgIpc) is 2.53. The molecule has 5 heteroatoms. The fraction of sp³-hybridized carbons (Fsp3) is 0.429. The fourth-order valence-electron chi connectivity index (χ4n) is 1.65. The normalized spacial score (nSPS) is 20.8. The van der Waals surface area contributed by atoms with Crippen LogP contribution in [0.1, 0.15) is 23.6 Å². The van der Waals surface area contributed by atoms with Crippen LogP contribution < -0.4 is 5.56 Å². The summed E-state index contributed by atoms with van der Waals surface area (Å²) in [6.45, 7) is 0. The summed E-state index contributed by atoms with van der Waals surface area (Å²) in [4.78, 5) is 21.7. The Morgan fingerprint density at radius 3 is 2.92 bits per heavy atom. The number of aromatic nitrogens is 2. The summed E-state index contributed by atoms with van der Waals surface area (Å²) in [7, 11) is 0. The van der Waals surface area contributed by atoms with Crippen molar-refractivity contribution in [2.24, 2.45) is 0 Å². The molecular formula is C7H8N2O3. The zero-order valence-electron chi connectivity index (χ0n) is 6.26. The SMILES string of the molecule is O=C(O)C1CCc2[nH][nH]c(=O)c21. The van der Waals surface area contributed by atoms with Gasteiger partial charge in [-0.05, 0) is 12.8 Å². The van der Waals surface area contributed by atoms with E-state index in [0.29, 0.717) is 18.4 Å². The van der Waals surface area contributed by atoms with Crippen molar-refractivity contribution >= 4 is 5.97 Å².